The van der Waals surface area contributed by atoms with Crippen LogP contribution in [0.5, 0.6) is 0 Å². The maximum atomic E-state index is 13.1. The summed E-state index contributed by atoms with van der Waals surface area (Å²) >= 11 is 1.23. The Morgan fingerprint density at radius 2 is 1.91 bits per heavy atom. The van der Waals surface area contributed by atoms with Crippen LogP contribution < -0.4 is 0 Å². The third kappa shape index (κ3) is 1.80. The van der Waals surface area contributed by atoms with Crippen LogP contribution in [-0.4, -0.2) is 0 Å². The van der Waals surface area contributed by atoms with Crippen LogP contribution in [-0.2, 0) is 5.41 Å². The molecule has 0 nitrogen and oxygen atoms in total. The fourth-order valence-electron chi connectivity index (χ4n) is 0.997. The van der Waals surface area contributed by atoms with Gasteiger partial charge < -0.3 is 0 Å². The van der Waals surface area contributed by atoms with Gasteiger partial charge in [-0.1, -0.05) is 20.8 Å². The molecule has 0 aliphatic rings. The highest BCUT2D eigenvalue weighted by molar-refractivity contribution is 7.10. The van der Waals surface area contributed by atoms with Gasteiger partial charge in [0.25, 0.3) is 0 Å². The molecule has 0 aliphatic heterocycles. The van der Waals surface area contributed by atoms with E-state index in [2.05, 4.69) is 0 Å². The molecular weight excluding hydrogens is 159 g/mol. The Morgan fingerprint density at radius 3 is 2.09 bits per heavy atom. The molecule has 0 bridgehead atoms. The predicted molar refractivity (Wildman–Crippen MR) is 47.7 cm³/mol. The molecule has 0 unspecified atom stereocenters. The minimum Gasteiger partial charge on any atom is -0.195 e. The molecule has 1 aromatic rings. The lowest BCUT2D eigenvalue weighted by Gasteiger charge is -2.16. The van der Waals surface area contributed by atoms with Crippen LogP contribution in [0.15, 0.2) is 6.07 Å². The van der Waals surface area contributed by atoms with Gasteiger partial charge in [-0.2, -0.15) is 4.39 Å². The minimum absolute atomic E-state index is 0.0324. The molecule has 0 saturated heterocycles. The van der Waals surface area contributed by atoms with E-state index in [4.69, 9.17) is 0 Å². The Hall–Kier alpha value is -0.370. The molecule has 0 atom stereocenters. The number of thiophene rings is 1. The van der Waals surface area contributed by atoms with Gasteiger partial charge in [0.15, 0.2) is 5.13 Å². The van der Waals surface area contributed by atoms with Crippen LogP contribution >= 0.6 is 11.3 Å². The summed E-state index contributed by atoms with van der Waals surface area (Å²) in [5, 5.41) is -0.0324. The van der Waals surface area contributed by atoms with Crippen molar-refractivity contribution >= 4 is 11.3 Å². The lowest BCUT2D eigenvalue weighted by molar-refractivity contribution is 0.539. The van der Waals surface area contributed by atoms with Gasteiger partial charge in [0, 0.05) is 10.4 Å². The zero-order chi connectivity index (χ0) is 8.65. The summed E-state index contributed by atoms with van der Waals surface area (Å²) in [5.41, 5.74) is 0.773. The van der Waals surface area contributed by atoms with Crippen molar-refractivity contribution in [1.29, 1.82) is 0 Å². The molecule has 0 N–H and O–H groups in total. The van der Waals surface area contributed by atoms with Gasteiger partial charge in [-0.3, -0.25) is 0 Å². The maximum absolute atomic E-state index is 13.1. The average molecular weight is 172 g/mol. The Kier molecular flexibility index (Phi) is 2.06. The average Bonchev–Trinajstić information content (AvgIpc) is 2.08. The molecule has 0 saturated carbocycles. The molecule has 1 rings (SSSR count). The highest BCUT2D eigenvalue weighted by atomic mass is 32.1. The molecule has 0 fully saturated rings. The standard InChI is InChI=1S/C9H13FS/c1-6-5-7(8(10)11-6)9(2,3)4/h5H,1-4H3. The summed E-state index contributed by atoms with van der Waals surface area (Å²) in [6.07, 6.45) is 0. The van der Waals surface area contributed by atoms with E-state index in [1.165, 1.54) is 11.3 Å². The second-order valence-corrected chi connectivity index (χ2v) is 5.00. The quantitative estimate of drug-likeness (QED) is 0.562. The summed E-state index contributed by atoms with van der Waals surface area (Å²) < 4.78 is 13.1. The maximum Gasteiger partial charge on any atom is 0.180 e. The molecule has 0 aliphatic carbocycles. The van der Waals surface area contributed by atoms with Gasteiger partial charge >= 0.3 is 0 Å². The highest BCUT2D eigenvalue weighted by Crippen LogP contribution is 2.30. The molecule has 2 heteroatoms. The fourth-order valence-corrected chi connectivity index (χ4v) is 1.93. The first-order chi connectivity index (χ1) is 4.91. The largest absolute Gasteiger partial charge is 0.195 e. The first-order valence-electron chi connectivity index (χ1n) is 3.67. The topological polar surface area (TPSA) is 0 Å². The van der Waals surface area contributed by atoms with Gasteiger partial charge in [0.2, 0.25) is 0 Å². The second-order valence-electron chi connectivity index (χ2n) is 3.79. The van der Waals surface area contributed by atoms with Crippen LogP contribution in [0.3, 0.4) is 0 Å². The number of rotatable bonds is 0. The van der Waals surface area contributed by atoms with E-state index < -0.39 is 0 Å². The second kappa shape index (κ2) is 2.59. The van der Waals surface area contributed by atoms with E-state index in [1.807, 2.05) is 33.8 Å². The van der Waals surface area contributed by atoms with Crippen molar-refractivity contribution in [3.05, 3.63) is 21.6 Å². The smallest absolute Gasteiger partial charge is 0.180 e. The Balaban J connectivity index is 3.13. The van der Waals surface area contributed by atoms with E-state index >= 15 is 0 Å². The third-order valence-corrected chi connectivity index (χ3v) is 2.46. The van der Waals surface area contributed by atoms with Crippen LogP contribution in [0, 0.1) is 12.1 Å². The molecule has 0 aromatic carbocycles. The van der Waals surface area contributed by atoms with E-state index in [-0.39, 0.29) is 10.5 Å². The van der Waals surface area contributed by atoms with E-state index in [0.29, 0.717) is 0 Å². The molecule has 62 valence electrons. The molecule has 1 aromatic heterocycles. The van der Waals surface area contributed by atoms with Crippen LogP contribution in [0.2, 0.25) is 0 Å². The number of hydrogen-bond donors (Lipinski definition) is 0. The lowest BCUT2D eigenvalue weighted by atomic mass is 9.89. The van der Waals surface area contributed by atoms with E-state index in [0.717, 1.165) is 10.4 Å². The van der Waals surface area contributed by atoms with Crippen LogP contribution in [0.4, 0.5) is 4.39 Å². The van der Waals surface area contributed by atoms with Crippen molar-refractivity contribution < 1.29 is 4.39 Å². The summed E-state index contributed by atoms with van der Waals surface area (Å²) in [6.45, 7) is 8.01. The SMILES string of the molecule is Cc1cc(C(C)(C)C)c(F)s1. The summed E-state index contributed by atoms with van der Waals surface area (Å²) in [5.74, 6) is 0. The van der Waals surface area contributed by atoms with Crippen molar-refractivity contribution in [1.82, 2.24) is 0 Å². The number of halogens is 1. The van der Waals surface area contributed by atoms with Gasteiger partial charge in [-0.15, -0.1) is 11.3 Å². The minimum atomic E-state index is -0.0607. The monoisotopic (exact) mass is 172 g/mol. The number of aryl methyl sites for hydroxylation is 1. The lowest BCUT2D eigenvalue weighted by Crippen LogP contribution is -2.11. The Bertz CT molecular complexity index is 255. The first-order valence-corrected chi connectivity index (χ1v) is 4.49. The van der Waals surface area contributed by atoms with Crippen LogP contribution in [0.1, 0.15) is 31.2 Å². The third-order valence-electron chi connectivity index (χ3n) is 1.62. The molecule has 1 heterocycles. The van der Waals surface area contributed by atoms with Gasteiger partial charge in [0.05, 0.1) is 0 Å². The molecule has 0 amide bonds. The normalized spacial score (nSPS) is 12.1. The first kappa shape index (κ1) is 8.72. The van der Waals surface area contributed by atoms with Crippen molar-refractivity contribution in [2.45, 2.75) is 33.1 Å². The summed E-state index contributed by atoms with van der Waals surface area (Å²) in [4.78, 5) is 1.05. The Morgan fingerprint density at radius 1 is 1.36 bits per heavy atom. The van der Waals surface area contributed by atoms with Crippen molar-refractivity contribution in [2.75, 3.05) is 0 Å². The van der Waals surface area contributed by atoms with Gasteiger partial charge in [0.1, 0.15) is 0 Å². The highest BCUT2D eigenvalue weighted by Gasteiger charge is 2.20. The fraction of sp³-hybridized carbons (Fsp3) is 0.556. The molecule has 0 radical (unpaired) electrons. The summed E-state index contributed by atoms with van der Waals surface area (Å²) in [7, 11) is 0. The molecule has 11 heavy (non-hydrogen) atoms. The van der Waals surface area contributed by atoms with E-state index in [9.17, 15) is 4.39 Å². The van der Waals surface area contributed by atoms with Crippen molar-refractivity contribution in [3.63, 3.8) is 0 Å². The number of hydrogen-bond acceptors (Lipinski definition) is 1. The predicted octanol–water partition coefficient (Wildman–Crippen LogP) is 3.49. The van der Waals surface area contributed by atoms with Gasteiger partial charge in [-0.05, 0) is 18.4 Å². The molecular formula is C9H13FS. The zero-order valence-electron chi connectivity index (χ0n) is 7.36. The van der Waals surface area contributed by atoms with E-state index in [1.54, 1.807) is 0 Å². The summed E-state index contributed by atoms with van der Waals surface area (Å²) in [6, 6.07) is 1.93. The Labute approximate surface area is 71.1 Å². The zero-order valence-corrected chi connectivity index (χ0v) is 8.18. The molecule has 0 spiro atoms. The van der Waals surface area contributed by atoms with Crippen molar-refractivity contribution in [3.8, 4) is 0 Å². The van der Waals surface area contributed by atoms with Crippen molar-refractivity contribution in [2.24, 2.45) is 0 Å². The van der Waals surface area contributed by atoms with Crippen LogP contribution in [0.25, 0.3) is 0 Å². The van der Waals surface area contributed by atoms with Gasteiger partial charge in [-0.25, -0.2) is 0 Å².